The maximum absolute atomic E-state index is 11.2. The van der Waals surface area contributed by atoms with Crippen LogP contribution in [0.4, 0.5) is 0 Å². The molecule has 1 unspecified atom stereocenters. The Bertz CT molecular complexity index is 398. The lowest BCUT2D eigenvalue weighted by Crippen LogP contribution is -2.06. The second-order valence-electron chi connectivity index (χ2n) is 4.32. The van der Waals surface area contributed by atoms with Crippen molar-refractivity contribution in [3.05, 3.63) is 16.4 Å². The van der Waals surface area contributed by atoms with Crippen LogP contribution in [0.25, 0.3) is 0 Å². The maximum Gasteiger partial charge on any atom is 0.133 e. The molecule has 0 N–H and O–H groups in total. The molecule has 1 aromatic heterocycles. The van der Waals surface area contributed by atoms with E-state index in [2.05, 4.69) is 5.10 Å². The van der Waals surface area contributed by atoms with E-state index in [9.17, 15) is 4.79 Å². The molecule has 1 aliphatic rings. The van der Waals surface area contributed by atoms with Crippen LogP contribution in [-0.2, 0) is 18.3 Å². The molecule has 0 aliphatic heterocycles. The van der Waals surface area contributed by atoms with Gasteiger partial charge in [0.25, 0.3) is 0 Å². The van der Waals surface area contributed by atoms with E-state index in [-0.39, 0.29) is 0 Å². The largest absolute Gasteiger partial charge is 0.300 e. The van der Waals surface area contributed by atoms with Crippen molar-refractivity contribution in [1.82, 2.24) is 9.78 Å². The van der Waals surface area contributed by atoms with E-state index in [0.717, 1.165) is 35.7 Å². The molecule has 1 heterocycles. The van der Waals surface area contributed by atoms with Crippen LogP contribution in [0, 0.1) is 12.8 Å². The highest BCUT2D eigenvalue weighted by Gasteiger charge is 2.24. The quantitative estimate of drug-likeness (QED) is 0.776. The Hall–Kier alpha value is -0.830. The number of carbonyl (C=O) groups excluding carboxylic acids is 1. The van der Waals surface area contributed by atoms with Gasteiger partial charge in [0.1, 0.15) is 5.78 Å². The number of rotatable bonds is 2. The molecule has 1 aliphatic carbocycles. The van der Waals surface area contributed by atoms with Crippen LogP contribution in [0.3, 0.4) is 0 Å². The average Bonchev–Trinajstić information content (AvgIpc) is 2.67. The highest BCUT2D eigenvalue weighted by Crippen LogP contribution is 2.29. The number of aromatic nitrogens is 2. The van der Waals surface area contributed by atoms with Crippen LogP contribution in [0.1, 0.15) is 30.7 Å². The third kappa shape index (κ3) is 2.07. The van der Waals surface area contributed by atoms with Gasteiger partial charge < -0.3 is 0 Å². The summed E-state index contributed by atoms with van der Waals surface area (Å²) in [7, 11) is 1.91. The highest BCUT2D eigenvalue weighted by molar-refractivity contribution is 6.31. The summed E-state index contributed by atoms with van der Waals surface area (Å²) in [6.07, 6.45) is 3.32. The van der Waals surface area contributed by atoms with Crippen molar-refractivity contribution < 1.29 is 4.79 Å². The van der Waals surface area contributed by atoms with Crippen molar-refractivity contribution in [3.8, 4) is 0 Å². The molecule has 82 valence electrons. The third-order valence-electron chi connectivity index (χ3n) is 3.09. The van der Waals surface area contributed by atoms with Crippen LogP contribution in [0.2, 0.25) is 5.02 Å². The molecule has 0 saturated heterocycles. The fourth-order valence-electron chi connectivity index (χ4n) is 2.24. The Kier molecular flexibility index (Phi) is 2.83. The number of Topliss-reactive ketones (excluding diaryl/α,β-unsaturated/α-hetero) is 1. The third-order valence-corrected chi connectivity index (χ3v) is 3.58. The summed E-state index contributed by atoms with van der Waals surface area (Å²) in [5.74, 6) is 0.847. The van der Waals surface area contributed by atoms with Crippen molar-refractivity contribution in [2.45, 2.75) is 32.6 Å². The van der Waals surface area contributed by atoms with Gasteiger partial charge in [-0.05, 0) is 25.7 Å². The first-order chi connectivity index (χ1) is 7.08. The zero-order valence-electron chi connectivity index (χ0n) is 9.09. The monoisotopic (exact) mass is 226 g/mol. The van der Waals surface area contributed by atoms with E-state index in [4.69, 9.17) is 11.6 Å². The summed E-state index contributed by atoms with van der Waals surface area (Å²) in [5, 5.41) is 5.03. The standard InChI is InChI=1S/C11H15ClN2O/c1-7-11(12)10(14(2)13-7)6-8-3-4-9(15)5-8/h8H,3-6H2,1-2H3. The molecule has 15 heavy (non-hydrogen) atoms. The van der Waals surface area contributed by atoms with E-state index in [1.807, 2.05) is 18.7 Å². The minimum atomic E-state index is 0.384. The Morgan fingerprint density at radius 2 is 2.33 bits per heavy atom. The van der Waals surface area contributed by atoms with E-state index >= 15 is 0 Å². The van der Waals surface area contributed by atoms with Gasteiger partial charge in [0, 0.05) is 19.9 Å². The molecule has 0 aromatic carbocycles. The Morgan fingerprint density at radius 1 is 1.60 bits per heavy atom. The van der Waals surface area contributed by atoms with Gasteiger partial charge >= 0.3 is 0 Å². The molecule has 0 bridgehead atoms. The number of ketones is 1. The highest BCUT2D eigenvalue weighted by atomic mass is 35.5. The first-order valence-corrected chi connectivity index (χ1v) is 5.65. The molecular weight excluding hydrogens is 212 g/mol. The molecular formula is C11H15ClN2O. The second kappa shape index (κ2) is 3.97. The molecule has 0 radical (unpaired) electrons. The van der Waals surface area contributed by atoms with Crippen molar-refractivity contribution in [3.63, 3.8) is 0 Å². The average molecular weight is 227 g/mol. The summed E-state index contributed by atoms with van der Waals surface area (Å²) in [5.41, 5.74) is 1.94. The predicted molar refractivity (Wildman–Crippen MR) is 59.0 cm³/mol. The van der Waals surface area contributed by atoms with Gasteiger partial charge in [-0.3, -0.25) is 9.48 Å². The summed E-state index contributed by atoms with van der Waals surface area (Å²) >= 11 is 6.16. The number of halogens is 1. The molecule has 1 aromatic rings. The van der Waals surface area contributed by atoms with Crippen molar-refractivity contribution in [1.29, 1.82) is 0 Å². The van der Waals surface area contributed by atoms with Crippen LogP contribution in [0.15, 0.2) is 0 Å². The molecule has 2 rings (SSSR count). The van der Waals surface area contributed by atoms with E-state index in [1.165, 1.54) is 0 Å². The van der Waals surface area contributed by atoms with Crippen LogP contribution in [-0.4, -0.2) is 15.6 Å². The molecule has 4 heteroatoms. The van der Waals surface area contributed by atoms with Gasteiger partial charge in [0.2, 0.25) is 0 Å². The normalized spacial score (nSPS) is 21.3. The first-order valence-electron chi connectivity index (χ1n) is 5.27. The molecule has 1 saturated carbocycles. The minimum absolute atomic E-state index is 0.384. The van der Waals surface area contributed by atoms with Gasteiger partial charge in [-0.2, -0.15) is 5.10 Å². The molecule has 3 nitrogen and oxygen atoms in total. The van der Waals surface area contributed by atoms with Crippen molar-refractivity contribution in [2.24, 2.45) is 13.0 Å². The Labute approximate surface area is 94.4 Å². The predicted octanol–water partition coefficient (Wildman–Crippen LogP) is 2.29. The lowest BCUT2D eigenvalue weighted by atomic mass is 10.0. The number of carbonyl (C=O) groups is 1. The van der Waals surface area contributed by atoms with Crippen LogP contribution in [0.5, 0.6) is 0 Å². The van der Waals surface area contributed by atoms with Gasteiger partial charge in [-0.25, -0.2) is 0 Å². The summed E-state index contributed by atoms with van der Waals surface area (Å²) in [6.45, 7) is 1.91. The van der Waals surface area contributed by atoms with Gasteiger partial charge in [0.05, 0.1) is 16.4 Å². The maximum atomic E-state index is 11.2. The molecule has 0 spiro atoms. The Morgan fingerprint density at radius 3 is 2.80 bits per heavy atom. The smallest absolute Gasteiger partial charge is 0.133 e. The summed E-state index contributed by atoms with van der Waals surface area (Å²) in [4.78, 5) is 11.2. The molecule has 1 atom stereocenters. The zero-order valence-corrected chi connectivity index (χ0v) is 9.84. The number of nitrogens with zero attached hydrogens (tertiary/aromatic N) is 2. The zero-order chi connectivity index (χ0) is 11.0. The van der Waals surface area contributed by atoms with E-state index in [0.29, 0.717) is 18.1 Å². The second-order valence-corrected chi connectivity index (χ2v) is 4.70. The summed E-state index contributed by atoms with van der Waals surface area (Å²) < 4.78 is 1.83. The van der Waals surface area contributed by atoms with Crippen molar-refractivity contribution in [2.75, 3.05) is 0 Å². The van der Waals surface area contributed by atoms with Crippen molar-refractivity contribution >= 4 is 17.4 Å². The fourth-order valence-corrected chi connectivity index (χ4v) is 2.48. The lowest BCUT2D eigenvalue weighted by Gasteiger charge is -2.08. The van der Waals surface area contributed by atoms with Crippen LogP contribution >= 0.6 is 11.6 Å². The SMILES string of the molecule is Cc1nn(C)c(CC2CCC(=O)C2)c1Cl. The number of aryl methyl sites for hydroxylation is 2. The van der Waals surface area contributed by atoms with Gasteiger partial charge in [0.15, 0.2) is 0 Å². The Balaban J connectivity index is 2.13. The fraction of sp³-hybridized carbons (Fsp3) is 0.636. The number of hydrogen-bond acceptors (Lipinski definition) is 2. The van der Waals surface area contributed by atoms with Gasteiger partial charge in [-0.1, -0.05) is 11.6 Å². The number of hydrogen-bond donors (Lipinski definition) is 0. The van der Waals surface area contributed by atoms with Crippen LogP contribution < -0.4 is 0 Å². The summed E-state index contributed by atoms with van der Waals surface area (Å²) in [6, 6.07) is 0. The first kappa shape index (κ1) is 10.7. The van der Waals surface area contributed by atoms with Gasteiger partial charge in [-0.15, -0.1) is 0 Å². The molecule has 0 amide bonds. The minimum Gasteiger partial charge on any atom is -0.300 e. The van der Waals surface area contributed by atoms with E-state index in [1.54, 1.807) is 0 Å². The molecule has 1 fully saturated rings. The lowest BCUT2D eigenvalue weighted by molar-refractivity contribution is -0.117. The van der Waals surface area contributed by atoms with E-state index < -0.39 is 0 Å². The topological polar surface area (TPSA) is 34.9 Å².